The molecule has 1 unspecified atom stereocenters. The van der Waals surface area contributed by atoms with Crippen LogP contribution in [0.15, 0.2) is 42.5 Å². The Morgan fingerprint density at radius 3 is 2.27 bits per heavy atom. The molecular weight excluding hydrogens is 328 g/mol. The topological polar surface area (TPSA) is 124 Å². The molecule has 0 aliphatic carbocycles. The van der Waals surface area contributed by atoms with Crippen molar-refractivity contribution in [2.75, 3.05) is 12.2 Å². The van der Waals surface area contributed by atoms with E-state index in [4.69, 9.17) is 9.79 Å². The zero-order valence-electron chi connectivity index (χ0n) is 11.4. The molecule has 0 saturated carbocycles. The second-order valence-corrected chi connectivity index (χ2v) is 9.35. The molecule has 0 bridgehead atoms. The fraction of sp³-hybridized carbons (Fsp3) is 0.154. The Labute approximate surface area is 126 Å². The third-order valence-corrected chi connectivity index (χ3v) is 6.80. The number of carbonyl (C=O) groups is 1. The number of hydrogen-bond acceptors (Lipinski definition) is 3. The summed E-state index contributed by atoms with van der Waals surface area (Å²) in [6, 6.07) is 12.4. The molecular formula is C13H15NO6P2. The zero-order chi connectivity index (χ0) is 16.4. The van der Waals surface area contributed by atoms with Crippen LogP contribution in [0.3, 0.4) is 0 Å². The fourth-order valence-corrected chi connectivity index (χ4v) is 5.06. The summed E-state index contributed by atoms with van der Waals surface area (Å²) in [4.78, 5) is 38.9. The Morgan fingerprint density at radius 2 is 1.64 bits per heavy atom. The fourth-order valence-electron chi connectivity index (χ4n) is 1.97. The van der Waals surface area contributed by atoms with E-state index in [0.717, 1.165) is 10.8 Å². The molecule has 7 nitrogen and oxygen atoms in total. The third-order valence-electron chi connectivity index (χ3n) is 2.90. The monoisotopic (exact) mass is 343 g/mol. The van der Waals surface area contributed by atoms with Gasteiger partial charge in [-0.2, -0.15) is 0 Å². The summed E-state index contributed by atoms with van der Waals surface area (Å²) in [6.07, 6.45) is -0.691. The van der Waals surface area contributed by atoms with Crippen molar-refractivity contribution in [2.24, 2.45) is 0 Å². The first-order valence-electron chi connectivity index (χ1n) is 6.29. The highest BCUT2D eigenvalue weighted by Gasteiger charge is 2.29. The van der Waals surface area contributed by atoms with E-state index in [0.29, 0.717) is 5.56 Å². The summed E-state index contributed by atoms with van der Waals surface area (Å²) in [5, 5.41) is 4.03. The molecule has 2 aromatic carbocycles. The van der Waals surface area contributed by atoms with Gasteiger partial charge < -0.3 is 20.0 Å². The lowest BCUT2D eigenvalue weighted by molar-refractivity contribution is 0.0958. The minimum Gasteiger partial charge on any atom is -0.343 e. The molecule has 118 valence electrons. The van der Waals surface area contributed by atoms with Crippen molar-refractivity contribution < 1.29 is 28.6 Å². The molecule has 9 heteroatoms. The molecule has 0 aliphatic heterocycles. The summed E-state index contributed by atoms with van der Waals surface area (Å²) in [7, 11) is -8.75. The van der Waals surface area contributed by atoms with Gasteiger partial charge in [-0.25, -0.2) is 0 Å². The summed E-state index contributed by atoms with van der Waals surface area (Å²) >= 11 is 0. The van der Waals surface area contributed by atoms with Gasteiger partial charge in [0.1, 0.15) is 5.90 Å². The molecule has 0 heterocycles. The highest BCUT2D eigenvalue weighted by atomic mass is 31.2. The average molecular weight is 343 g/mol. The highest BCUT2D eigenvalue weighted by molar-refractivity contribution is 7.72. The maximum atomic E-state index is 12.0. The largest absolute Gasteiger partial charge is 0.343 e. The number of amides is 1. The Balaban J connectivity index is 2.08. The van der Waals surface area contributed by atoms with Crippen LogP contribution in [-0.2, 0) is 9.13 Å². The van der Waals surface area contributed by atoms with Gasteiger partial charge >= 0.3 is 7.60 Å². The van der Waals surface area contributed by atoms with E-state index in [1.807, 2.05) is 24.3 Å². The van der Waals surface area contributed by atoms with E-state index < -0.39 is 33.1 Å². The maximum Gasteiger partial charge on any atom is 0.335 e. The first-order chi connectivity index (χ1) is 10.2. The smallest absolute Gasteiger partial charge is 0.335 e. The van der Waals surface area contributed by atoms with Crippen molar-refractivity contribution in [2.45, 2.75) is 0 Å². The van der Waals surface area contributed by atoms with Crippen molar-refractivity contribution in [3.8, 4) is 0 Å². The molecule has 0 saturated heterocycles. The summed E-state index contributed by atoms with van der Waals surface area (Å²) in [5.74, 6) is -1.73. The molecule has 1 atom stereocenters. The molecule has 4 N–H and O–H groups in total. The second-order valence-electron chi connectivity index (χ2n) is 4.88. The Morgan fingerprint density at radius 1 is 1.00 bits per heavy atom. The first kappa shape index (κ1) is 16.9. The van der Waals surface area contributed by atoms with E-state index >= 15 is 0 Å². The molecule has 2 aromatic rings. The van der Waals surface area contributed by atoms with Gasteiger partial charge in [-0.1, -0.05) is 30.3 Å². The van der Waals surface area contributed by atoms with Crippen molar-refractivity contribution in [1.82, 2.24) is 5.32 Å². The minimum atomic E-state index is -4.62. The molecule has 0 spiro atoms. The van der Waals surface area contributed by atoms with E-state index in [1.165, 1.54) is 0 Å². The van der Waals surface area contributed by atoms with Crippen LogP contribution in [0, 0.1) is 0 Å². The lowest BCUT2D eigenvalue weighted by Gasteiger charge is -2.13. The van der Waals surface area contributed by atoms with Crippen LogP contribution in [0.1, 0.15) is 10.4 Å². The second kappa shape index (κ2) is 6.32. The van der Waals surface area contributed by atoms with E-state index in [9.17, 15) is 18.8 Å². The molecule has 0 fully saturated rings. The molecule has 1 amide bonds. The van der Waals surface area contributed by atoms with Gasteiger partial charge in [-0.3, -0.25) is 13.9 Å². The Hall–Kier alpha value is -1.49. The number of nitrogens with one attached hydrogen (secondary N) is 1. The molecule has 0 aliphatic rings. The predicted octanol–water partition coefficient (Wildman–Crippen LogP) is 1.93. The van der Waals surface area contributed by atoms with E-state index in [1.54, 1.807) is 18.2 Å². The van der Waals surface area contributed by atoms with Gasteiger partial charge in [0.15, 0.2) is 0 Å². The van der Waals surface area contributed by atoms with Gasteiger partial charge in [0.05, 0.1) is 6.29 Å². The standard InChI is InChI=1S/C13H15NO6P2/c15-13(14-8-21(16,17)9-22(18,19)20)12-6-5-10-3-1-2-4-11(10)7-12/h1-7H,8-9H2,(H,14,15)(H,16,17)(H2,18,19,20). The van der Waals surface area contributed by atoms with Crippen LogP contribution in [0.4, 0.5) is 0 Å². The zero-order valence-corrected chi connectivity index (χ0v) is 13.2. The lowest BCUT2D eigenvalue weighted by atomic mass is 10.1. The third kappa shape index (κ3) is 4.77. The van der Waals surface area contributed by atoms with Gasteiger partial charge in [0, 0.05) is 5.56 Å². The van der Waals surface area contributed by atoms with Crippen molar-refractivity contribution in [3.63, 3.8) is 0 Å². The number of rotatable bonds is 5. The van der Waals surface area contributed by atoms with Crippen LogP contribution < -0.4 is 5.32 Å². The Bertz CT molecular complexity index is 800. The van der Waals surface area contributed by atoms with E-state index in [-0.39, 0.29) is 0 Å². The quantitative estimate of drug-likeness (QED) is 0.615. The molecule has 2 rings (SSSR count). The molecule has 0 radical (unpaired) electrons. The lowest BCUT2D eigenvalue weighted by Crippen LogP contribution is -2.25. The predicted molar refractivity (Wildman–Crippen MR) is 83.0 cm³/mol. The number of carbonyl (C=O) groups excluding carboxylic acids is 1. The van der Waals surface area contributed by atoms with Crippen LogP contribution >= 0.6 is 15.0 Å². The number of fused-ring (bicyclic) bond motifs is 1. The summed E-state index contributed by atoms with van der Waals surface area (Å²) in [6.45, 7) is 0. The average Bonchev–Trinajstić information content (AvgIpc) is 2.42. The van der Waals surface area contributed by atoms with Crippen LogP contribution in [0.25, 0.3) is 10.8 Å². The minimum absolute atomic E-state index is 0.301. The van der Waals surface area contributed by atoms with Crippen LogP contribution in [0.2, 0.25) is 0 Å². The first-order valence-corrected chi connectivity index (χ1v) is 10.1. The van der Waals surface area contributed by atoms with Gasteiger partial charge in [0.25, 0.3) is 5.91 Å². The van der Waals surface area contributed by atoms with Crippen LogP contribution in [-0.4, -0.2) is 32.8 Å². The van der Waals surface area contributed by atoms with Crippen molar-refractivity contribution in [1.29, 1.82) is 0 Å². The van der Waals surface area contributed by atoms with Gasteiger partial charge in [-0.05, 0) is 22.9 Å². The van der Waals surface area contributed by atoms with Gasteiger partial charge in [0.2, 0.25) is 7.37 Å². The van der Waals surface area contributed by atoms with Crippen LogP contribution in [0.5, 0.6) is 0 Å². The van der Waals surface area contributed by atoms with Gasteiger partial charge in [-0.15, -0.1) is 0 Å². The summed E-state index contributed by atoms with van der Waals surface area (Å²) in [5.41, 5.74) is 0.301. The molecule has 0 aromatic heterocycles. The summed E-state index contributed by atoms with van der Waals surface area (Å²) < 4.78 is 22.4. The normalized spacial score (nSPS) is 14.5. The Kier molecular flexibility index (Phi) is 4.85. The number of benzene rings is 2. The number of hydrogen-bond donors (Lipinski definition) is 4. The van der Waals surface area contributed by atoms with E-state index in [2.05, 4.69) is 5.32 Å². The van der Waals surface area contributed by atoms with Crippen molar-refractivity contribution in [3.05, 3.63) is 48.0 Å². The highest BCUT2D eigenvalue weighted by Crippen LogP contribution is 2.53. The van der Waals surface area contributed by atoms with Crippen molar-refractivity contribution >= 4 is 31.6 Å². The molecule has 22 heavy (non-hydrogen) atoms. The SMILES string of the molecule is O=C(NCP(=O)(O)CP(=O)(O)O)c1ccc2ccccc2c1. The maximum absolute atomic E-state index is 12.0.